The maximum Gasteiger partial charge on any atom is 0.242 e. The number of anilines is 1. The maximum atomic E-state index is 12.8. The standard InChI is InChI=1S/C22H19BrN4O2S2/c1-2-27-20(29)18(12-19(28)24-16-11-7-6-10-15(16)23)31-22(27)26-21-25-17(13-30-21)14-8-4-3-5-9-14/h3-11,13,18H,2,12H2,1H3,(H,24,28)/b26-22+. The van der Waals surface area contributed by atoms with Gasteiger partial charge >= 0.3 is 0 Å². The van der Waals surface area contributed by atoms with Crippen molar-refractivity contribution in [2.45, 2.75) is 18.6 Å². The van der Waals surface area contributed by atoms with Gasteiger partial charge in [-0.25, -0.2) is 4.98 Å². The van der Waals surface area contributed by atoms with E-state index in [1.54, 1.807) is 4.90 Å². The lowest BCUT2D eigenvalue weighted by Crippen LogP contribution is -2.33. The summed E-state index contributed by atoms with van der Waals surface area (Å²) in [5.74, 6) is -0.316. The third-order valence-electron chi connectivity index (χ3n) is 4.61. The number of benzene rings is 2. The molecule has 31 heavy (non-hydrogen) atoms. The van der Waals surface area contributed by atoms with Crippen molar-refractivity contribution < 1.29 is 9.59 Å². The highest BCUT2D eigenvalue weighted by molar-refractivity contribution is 9.10. The molecule has 1 aliphatic heterocycles. The number of amides is 2. The number of rotatable bonds is 6. The Balaban J connectivity index is 1.47. The van der Waals surface area contributed by atoms with E-state index < -0.39 is 5.25 Å². The zero-order chi connectivity index (χ0) is 21.8. The Morgan fingerprint density at radius 3 is 2.68 bits per heavy atom. The quantitative estimate of drug-likeness (QED) is 0.467. The van der Waals surface area contributed by atoms with Gasteiger partial charge in [-0.1, -0.05) is 54.2 Å². The normalized spacial score (nSPS) is 17.4. The van der Waals surface area contributed by atoms with Crippen molar-refractivity contribution >= 4 is 66.8 Å². The molecule has 2 heterocycles. The van der Waals surface area contributed by atoms with Gasteiger partial charge in [0.1, 0.15) is 5.25 Å². The van der Waals surface area contributed by atoms with E-state index in [9.17, 15) is 9.59 Å². The largest absolute Gasteiger partial charge is 0.325 e. The number of aliphatic imine (C=N–C) groups is 1. The first-order valence-electron chi connectivity index (χ1n) is 9.67. The molecule has 1 fully saturated rings. The summed E-state index contributed by atoms with van der Waals surface area (Å²) in [7, 11) is 0. The van der Waals surface area contributed by atoms with E-state index in [1.807, 2.05) is 66.9 Å². The Morgan fingerprint density at radius 1 is 1.19 bits per heavy atom. The SMILES string of the molecule is CCN1C(=O)C(CC(=O)Nc2ccccc2Br)S/C1=N/c1nc(-c2ccccc2)cs1. The lowest BCUT2D eigenvalue weighted by molar-refractivity contribution is -0.128. The number of aromatic nitrogens is 1. The lowest BCUT2D eigenvalue weighted by Gasteiger charge is -2.13. The van der Waals surface area contributed by atoms with Gasteiger partial charge in [-0.3, -0.25) is 14.5 Å². The van der Waals surface area contributed by atoms with Gasteiger partial charge in [0, 0.05) is 28.4 Å². The molecule has 1 aliphatic rings. The van der Waals surface area contributed by atoms with Crippen LogP contribution in [0.3, 0.4) is 0 Å². The van der Waals surface area contributed by atoms with E-state index in [0.29, 0.717) is 22.5 Å². The fourth-order valence-electron chi connectivity index (χ4n) is 3.09. The molecular formula is C22H19BrN4O2S2. The number of halogens is 1. The molecule has 0 saturated carbocycles. The van der Waals surface area contributed by atoms with E-state index in [4.69, 9.17) is 0 Å². The van der Waals surface area contributed by atoms with Crippen molar-refractivity contribution in [3.05, 3.63) is 64.5 Å². The molecule has 0 radical (unpaired) electrons. The summed E-state index contributed by atoms with van der Waals surface area (Å²) in [6, 6.07) is 17.3. The number of nitrogens with one attached hydrogen (secondary N) is 1. The van der Waals surface area contributed by atoms with Gasteiger partial charge in [0.05, 0.1) is 11.4 Å². The van der Waals surface area contributed by atoms with Crippen molar-refractivity contribution in [1.82, 2.24) is 9.88 Å². The Hall–Kier alpha value is -2.49. The van der Waals surface area contributed by atoms with E-state index >= 15 is 0 Å². The second kappa shape index (κ2) is 9.76. The van der Waals surface area contributed by atoms with E-state index in [-0.39, 0.29) is 18.2 Å². The summed E-state index contributed by atoms with van der Waals surface area (Å²) in [4.78, 5) is 36.2. The highest BCUT2D eigenvalue weighted by atomic mass is 79.9. The van der Waals surface area contributed by atoms with Crippen molar-refractivity contribution in [1.29, 1.82) is 0 Å². The fraction of sp³-hybridized carbons (Fsp3) is 0.182. The summed E-state index contributed by atoms with van der Waals surface area (Å²) >= 11 is 6.16. The van der Waals surface area contributed by atoms with Crippen molar-refractivity contribution in [2.24, 2.45) is 4.99 Å². The number of carbonyl (C=O) groups is 2. The second-order valence-corrected chi connectivity index (χ2v) is 9.56. The highest BCUT2D eigenvalue weighted by Gasteiger charge is 2.38. The van der Waals surface area contributed by atoms with Crippen LogP contribution >= 0.6 is 39.0 Å². The molecule has 2 amide bonds. The number of hydrogen-bond acceptors (Lipinski definition) is 6. The van der Waals surface area contributed by atoms with E-state index in [2.05, 4.69) is 31.2 Å². The number of nitrogens with zero attached hydrogens (tertiary/aromatic N) is 3. The van der Waals surface area contributed by atoms with Crippen LogP contribution in [0.5, 0.6) is 0 Å². The minimum Gasteiger partial charge on any atom is -0.325 e. The molecule has 0 bridgehead atoms. The second-order valence-electron chi connectivity index (χ2n) is 6.70. The average molecular weight is 515 g/mol. The van der Waals surface area contributed by atoms with Crippen LogP contribution in [0.25, 0.3) is 11.3 Å². The van der Waals surface area contributed by atoms with Crippen molar-refractivity contribution in [2.75, 3.05) is 11.9 Å². The summed E-state index contributed by atoms with van der Waals surface area (Å²) in [6.07, 6.45) is 0.0769. The maximum absolute atomic E-state index is 12.8. The molecule has 9 heteroatoms. The minimum atomic E-state index is -0.505. The number of amidine groups is 1. The molecule has 1 aromatic heterocycles. The molecule has 1 saturated heterocycles. The minimum absolute atomic E-state index is 0.0769. The van der Waals surface area contributed by atoms with Crippen LogP contribution in [0.4, 0.5) is 10.8 Å². The van der Waals surface area contributed by atoms with Crippen molar-refractivity contribution in [3.8, 4) is 11.3 Å². The van der Waals surface area contributed by atoms with Crippen LogP contribution < -0.4 is 5.32 Å². The van der Waals surface area contributed by atoms with Gasteiger partial charge in [0.15, 0.2) is 5.17 Å². The average Bonchev–Trinajstić information content (AvgIpc) is 3.35. The summed E-state index contributed by atoms with van der Waals surface area (Å²) in [6.45, 7) is 2.39. The smallest absolute Gasteiger partial charge is 0.242 e. The molecule has 158 valence electrons. The fourth-order valence-corrected chi connectivity index (χ4v) is 5.43. The van der Waals surface area contributed by atoms with Crippen molar-refractivity contribution in [3.63, 3.8) is 0 Å². The molecule has 0 spiro atoms. The zero-order valence-corrected chi connectivity index (χ0v) is 19.8. The molecule has 1 unspecified atom stereocenters. The van der Waals surface area contributed by atoms with Gasteiger partial charge < -0.3 is 5.32 Å². The Kier molecular flexibility index (Phi) is 6.84. The molecular weight excluding hydrogens is 496 g/mol. The Morgan fingerprint density at radius 2 is 1.94 bits per heavy atom. The number of para-hydroxylation sites is 1. The molecule has 4 rings (SSSR count). The predicted octanol–water partition coefficient (Wildman–Crippen LogP) is 5.55. The summed E-state index contributed by atoms with van der Waals surface area (Å²) in [5, 5.41) is 5.48. The monoisotopic (exact) mass is 514 g/mol. The Bertz CT molecular complexity index is 1130. The Labute approximate surface area is 196 Å². The van der Waals surface area contributed by atoms with Crippen LogP contribution in [0.1, 0.15) is 13.3 Å². The van der Waals surface area contributed by atoms with Gasteiger partial charge in [0.25, 0.3) is 0 Å². The zero-order valence-electron chi connectivity index (χ0n) is 16.6. The predicted molar refractivity (Wildman–Crippen MR) is 131 cm³/mol. The van der Waals surface area contributed by atoms with E-state index in [1.165, 1.54) is 23.1 Å². The first-order valence-corrected chi connectivity index (χ1v) is 12.2. The van der Waals surface area contributed by atoms with Gasteiger partial charge in [0.2, 0.25) is 16.9 Å². The molecule has 6 nitrogen and oxygen atoms in total. The van der Waals surface area contributed by atoms with Crippen LogP contribution in [-0.4, -0.2) is 38.7 Å². The summed E-state index contributed by atoms with van der Waals surface area (Å²) in [5.41, 5.74) is 2.56. The van der Waals surface area contributed by atoms with Crippen LogP contribution in [0.15, 0.2) is 69.4 Å². The van der Waals surface area contributed by atoms with E-state index in [0.717, 1.165) is 15.7 Å². The lowest BCUT2D eigenvalue weighted by atomic mass is 10.2. The van der Waals surface area contributed by atoms with Gasteiger partial charge in [-0.2, -0.15) is 4.99 Å². The molecule has 1 atom stereocenters. The van der Waals surface area contributed by atoms with Crippen LogP contribution in [-0.2, 0) is 9.59 Å². The van der Waals surface area contributed by atoms with Crippen LogP contribution in [0, 0.1) is 0 Å². The number of thiazole rings is 1. The van der Waals surface area contributed by atoms with Crippen LogP contribution in [0.2, 0.25) is 0 Å². The third-order valence-corrected chi connectivity index (χ3v) is 7.21. The topological polar surface area (TPSA) is 74.7 Å². The molecule has 1 N–H and O–H groups in total. The first kappa shape index (κ1) is 21.7. The first-order chi connectivity index (χ1) is 15.0. The number of hydrogen-bond donors (Lipinski definition) is 1. The molecule has 0 aliphatic carbocycles. The third kappa shape index (κ3) is 5.06. The van der Waals surface area contributed by atoms with Gasteiger partial charge in [-0.05, 0) is 35.0 Å². The number of thioether (sulfide) groups is 1. The summed E-state index contributed by atoms with van der Waals surface area (Å²) < 4.78 is 0.796. The molecule has 2 aromatic carbocycles. The number of carbonyl (C=O) groups excluding carboxylic acids is 2. The van der Waals surface area contributed by atoms with Gasteiger partial charge in [-0.15, -0.1) is 11.3 Å². The highest BCUT2D eigenvalue weighted by Crippen LogP contribution is 2.34. The molecule has 3 aromatic rings.